The molecule has 1 aliphatic heterocycles. The fourth-order valence-corrected chi connectivity index (χ4v) is 3.41. The SMILES string of the molecule is O=C(Nc1ccc2c(c1F)CCNC2)C1CCCCCC1. The van der Waals surface area contributed by atoms with Crippen molar-refractivity contribution in [3.05, 3.63) is 29.1 Å². The summed E-state index contributed by atoms with van der Waals surface area (Å²) in [6.45, 7) is 1.51. The molecule has 0 atom stereocenters. The lowest BCUT2D eigenvalue weighted by Crippen LogP contribution is -2.26. The van der Waals surface area contributed by atoms with Gasteiger partial charge in [-0.3, -0.25) is 4.79 Å². The Morgan fingerprint density at radius 2 is 1.95 bits per heavy atom. The minimum absolute atomic E-state index is 0.00955. The first-order valence-corrected chi connectivity index (χ1v) is 8.07. The van der Waals surface area contributed by atoms with Gasteiger partial charge in [-0.1, -0.05) is 31.7 Å². The van der Waals surface area contributed by atoms with Crippen molar-refractivity contribution in [2.75, 3.05) is 11.9 Å². The molecule has 21 heavy (non-hydrogen) atoms. The van der Waals surface area contributed by atoms with Gasteiger partial charge in [0.1, 0.15) is 5.82 Å². The second-order valence-electron chi connectivity index (χ2n) is 6.17. The van der Waals surface area contributed by atoms with Crippen LogP contribution in [0.4, 0.5) is 10.1 Å². The van der Waals surface area contributed by atoms with Gasteiger partial charge in [-0.25, -0.2) is 4.39 Å². The molecule has 2 N–H and O–H groups in total. The van der Waals surface area contributed by atoms with Gasteiger partial charge in [0.2, 0.25) is 5.91 Å². The van der Waals surface area contributed by atoms with Crippen LogP contribution in [0.25, 0.3) is 0 Å². The topological polar surface area (TPSA) is 41.1 Å². The zero-order valence-corrected chi connectivity index (χ0v) is 12.4. The molecule has 3 nitrogen and oxygen atoms in total. The Kier molecular flexibility index (Phi) is 4.54. The van der Waals surface area contributed by atoms with Crippen LogP contribution >= 0.6 is 0 Å². The molecule has 0 radical (unpaired) electrons. The van der Waals surface area contributed by atoms with Crippen LogP contribution in [0.5, 0.6) is 0 Å². The normalized spacial score (nSPS) is 19.7. The van der Waals surface area contributed by atoms with Crippen LogP contribution < -0.4 is 10.6 Å². The van der Waals surface area contributed by atoms with Gasteiger partial charge in [-0.05, 0) is 43.0 Å². The number of fused-ring (bicyclic) bond motifs is 1. The molecule has 1 aliphatic carbocycles. The molecule has 1 saturated carbocycles. The van der Waals surface area contributed by atoms with Gasteiger partial charge in [0, 0.05) is 12.5 Å². The van der Waals surface area contributed by atoms with E-state index in [1.807, 2.05) is 6.07 Å². The third-order valence-electron chi connectivity index (χ3n) is 4.69. The first-order valence-electron chi connectivity index (χ1n) is 8.07. The summed E-state index contributed by atoms with van der Waals surface area (Å²) in [5, 5.41) is 6.06. The van der Waals surface area contributed by atoms with Gasteiger partial charge in [0.05, 0.1) is 5.69 Å². The molecule has 1 fully saturated rings. The van der Waals surface area contributed by atoms with E-state index in [1.54, 1.807) is 6.07 Å². The Morgan fingerprint density at radius 3 is 2.71 bits per heavy atom. The number of amides is 1. The highest BCUT2D eigenvalue weighted by molar-refractivity contribution is 5.92. The number of carbonyl (C=O) groups excluding carboxylic acids is 1. The van der Waals surface area contributed by atoms with E-state index in [9.17, 15) is 9.18 Å². The van der Waals surface area contributed by atoms with E-state index in [2.05, 4.69) is 10.6 Å². The first-order chi connectivity index (χ1) is 10.3. The standard InChI is InChI=1S/C17H23FN2O/c18-16-14-9-10-19-11-13(14)7-8-15(16)20-17(21)12-5-3-1-2-4-6-12/h7-8,12,19H,1-6,9-11H2,(H,20,21). The van der Waals surface area contributed by atoms with Crippen LogP contribution in [0.15, 0.2) is 12.1 Å². The van der Waals surface area contributed by atoms with Crippen molar-refractivity contribution >= 4 is 11.6 Å². The summed E-state index contributed by atoms with van der Waals surface area (Å²) in [4.78, 5) is 12.4. The van der Waals surface area contributed by atoms with E-state index in [-0.39, 0.29) is 17.6 Å². The van der Waals surface area contributed by atoms with Gasteiger partial charge in [0.25, 0.3) is 0 Å². The van der Waals surface area contributed by atoms with E-state index < -0.39 is 0 Å². The maximum Gasteiger partial charge on any atom is 0.227 e. The molecule has 0 saturated heterocycles. The number of nitrogens with one attached hydrogen (secondary N) is 2. The summed E-state index contributed by atoms with van der Waals surface area (Å²) in [7, 11) is 0. The van der Waals surface area contributed by atoms with E-state index in [0.717, 1.165) is 43.4 Å². The third-order valence-corrected chi connectivity index (χ3v) is 4.69. The Balaban J connectivity index is 1.73. The minimum Gasteiger partial charge on any atom is -0.323 e. The smallest absolute Gasteiger partial charge is 0.227 e. The average molecular weight is 290 g/mol. The van der Waals surface area contributed by atoms with Crippen molar-refractivity contribution in [2.24, 2.45) is 5.92 Å². The predicted molar refractivity (Wildman–Crippen MR) is 81.6 cm³/mol. The summed E-state index contributed by atoms with van der Waals surface area (Å²) in [5.74, 6) is -0.203. The monoisotopic (exact) mass is 290 g/mol. The zero-order valence-electron chi connectivity index (χ0n) is 12.4. The molecule has 1 aromatic rings. The quantitative estimate of drug-likeness (QED) is 0.820. The van der Waals surface area contributed by atoms with Gasteiger partial charge >= 0.3 is 0 Å². The second-order valence-corrected chi connectivity index (χ2v) is 6.17. The Morgan fingerprint density at radius 1 is 1.19 bits per heavy atom. The summed E-state index contributed by atoms with van der Waals surface area (Å²) < 4.78 is 14.5. The van der Waals surface area contributed by atoms with Crippen LogP contribution in [-0.4, -0.2) is 12.5 Å². The van der Waals surface area contributed by atoms with Crippen molar-refractivity contribution in [1.82, 2.24) is 5.32 Å². The Labute approximate surface area is 125 Å². The molecule has 0 bridgehead atoms. The van der Waals surface area contributed by atoms with E-state index in [0.29, 0.717) is 18.7 Å². The van der Waals surface area contributed by atoms with Crippen molar-refractivity contribution in [2.45, 2.75) is 51.5 Å². The van der Waals surface area contributed by atoms with E-state index in [1.165, 1.54) is 12.8 Å². The van der Waals surface area contributed by atoms with Gasteiger partial charge < -0.3 is 10.6 Å². The van der Waals surface area contributed by atoms with Crippen LogP contribution in [0, 0.1) is 11.7 Å². The first kappa shape index (κ1) is 14.5. The molecule has 0 unspecified atom stereocenters. The van der Waals surface area contributed by atoms with Gasteiger partial charge in [-0.15, -0.1) is 0 Å². The molecule has 2 aliphatic rings. The molecule has 0 spiro atoms. The Hall–Kier alpha value is -1.42. The van der Waals surface area contributed by atoms with Crippen molar-refractivity contribution in [3.63, 3.8) is 0 Å². The minimum atomic E-state index is -0.240. The fourth-order valence-electron chi connectivity index (χ4n) is 3.41. The fraction of sp³-hybridized carbons (Fsp3) is 0.588. The zero-order chi connectivity index (χ0) is 14.7. The number of hydrogen-bond donors (Lipinski definition) is 2. The lowest BCUT2D eigenvalue weighted by atomic mass is 9.97. The summed E-state index contributed by atoms with van der Waals surface area (Å²) >= 11 is 0. The average Bonchev–Trinajstić information content (AvgIpc) is 2.79. The predicted octanol–water partition coefficient (Wildman–Crippen LogP) is 3.38. The summed E-state index contributed by atoms with van der Waals surface area (Å²) in [6.07, 6.45) is 7.19. The molecule has 1 amide bonds. The van der Waals surface area contributed by atoms with Crippen LogP contribution in [0.3, 0.4) is 0 Å². The second kappa shape index (κ2) is 6.56. The van der Waals surface area contributed by atoms with Gasteiger partial charge in [0.15, 0.2) is 0 Å². The maximum absolute atomic E-state index is 14.5. The largest absolute Gasteiger partial charge is 0.323 e. The highest BCUT2D eigenvalue weighted by Crippen LogP contribution is 2.27. The molecule has 1 aromatic carbocycles. The van der Waals surface area contributed by atoms with Crippen molar-refractivity contribution in [3.8, 4) is 0 Å². The molecule has 4 heteroatoms. The number of halogens is 1. The Bertz CT molecular complexity index is 522. The van der Waals surface area contributed by atoms with Crippen molar-refractivity contribution < 1.29 is 9.18 Å². The van der Waals surface area contributed by atoms with Crippen LogP contribution in [0.2, 0.25) is 0 Å². The van der Waals surface area contributed by atoms with E-state index in [4.69, 9.17) is 0 Å². The molecule has 114 valence electrons. The number of hydrogen-bond acceptors (Lipinski definition) is 2. The number of benzene rings is 1. The van der Waals surface area contributed by atoms with Gasteiger partial charge in [-0.2, -0.15) is 0 Å². The maximum atomic E-state index is 14.5. The molecule has 3 rings (SSSR count). The number of rotatable bonds is 2. The molecule has 1 heterocycles. The highest BCUT2D eigenvalue weighted by Gasteiger charge is 2.22. The number of carbonyl (C=O) groups is 1. The lowest BCUT2D eigenvalue weighted by Gasteiger charge is -2.20. The highest BCUT2D eigenvalue weighted by atomic mass is 19.1. The van der Waals surface area contributed by atoms with Crippen molar-refractivity contribution in [1.29, 1.82) is 0 Å². The molecular formula is C17H23FN2O. The summed E-state index contributed by atoms with van der Waals surface area (Å²) in [5.41, 5.74) is 2.11. The van der Waals surface area contributed by atoms with Crippen LogP contribution in [0.1, 0.15) is 49.7 Å². The molecule has 0 aromatic heterocycles. The number of anilines is 1. The lowest BCUT2D eigenvalue weighted by molar-refractivity contribution is -0.120. The van der Waals surface area contributed by atoms with E-state index >= 15 is 0 Å². The third kappa shape index (κ3) is 3.26. The summed E-state index contributed by atoms with van der Waals surface area (Å²) in [6, 6.07) is 3.63. The molecular weight excluding hydrogens is 267 g/mol. The van der Waals surface area contributed by atoms with Crippen LogP contribution in [-0.2, 0) is 17.8 Å².